The summed E-state index contributed by atoms with van der Waals surface area (Å²) in [6, 6.07) is 16.4. The summed E-state index contributed by atoms with van der Waals surface area (Å²) >= 11 is 14.0. The maximum absolute atomic E-state index is 13.3. The summed E-state index contributed by atoms with van der Waals surface area (Å²) in [6.45, 7) is 2.02. The number of aromatic carboxylic acids is 1. The zero-order valence-corrected chi connectivity index (χ0v) is 22.2. The maximum atomic E-state index is 13.3. The predicted molar refractivity (Wildman–Crippen MR) is 125 cm³/mol. The molecule has 0 bridgehead atoms. The van der Waals surface area contributed by atoms with Crippen molar-refractivity contribution in [2.24, 2.45) is 0 Å². The Morgan fingerprint density at radius 2 is 1.79 bits per heavy atom. The van der Waals surface area contributed by atoms with Gasteiger partial charge in [0.25, 0.3) is 0 Å². The van der Waals surface area contributed by atoms with E-state index in [9.17, 15) is 14.3 Å². The van der Waals surface area contributed by atoms with Crippen LogP contribution in [0.5, 0.6) is 5.75 Å². The van der Waals surface area contributed by atoms with Crippen LogP contribution >= 0.6 is 34.5 Å². The van der Waals surface area contributed by atoms with Crippen molar-refractivity contribution in [1.82, 2.24) is 0 Å². The van der Waals surface area contributed by atoms with Crippen LogP contribution in [0.1, 0.15) is 21.5 Å². The normalized spacial score (nSPS) is 10.5. The second kappa shape index (κ2) is 11.0. The molecule has 1 heterocycles. The van der Waals surface area contributed by atoms with E-state index in [1.54, 1.807) is 30.3 Å². The van der Waals surface area contributed by atoms with Gasteiger partial charge < -0.3 is 14.6 Å². The molecule has 0 amide bonds. The minimum atomic E-state index is -1.21. The minimum Gasteiger partial charge on any atom is -0.545 e. The molecule has 3 nitrogen and oxygen atoms in total. The van der Waals surface area contributed by atoms with Crippen molar-refractivity contribution in [3.63, 3.8) is 0 Å². The van der Waals surface area contributed by atoms with Crippen LogP contribution in [-0.2, 0) is 6.61 Å². The molecule has 0 radical (unpaired) electrons. The zero-order chi connectivity index (χ0) is 22.8. The number of carbonyl (C=O) groups is 1. The van der Waals surface area contributed by atoms with Gasteiger partial charge in [0.1, 0.15) is 18.2 Å². The first-order valence-electron chi connectivity index (χ1n) is 9.60. The van der Waals surface area contributed by atoms with Crippen molar-refractivity contribution in [2.45, 2.75) is 13.5 Å². The largest absolute Gasteiger partial charge is 1.00 e. The standard InChI is InChI=1S/C25H17Cl2FO3S.Na/c1-14-10-15(25(29)30)3-6-19(14)24-20(8-9-32-24)21-11-17(26)4-7-23(21)31-13-16-2-5-18(28)12-22(16)27;/h2-12H,13H2,1H3,(H,29,30);/q;+1/p-1. The summed E-state index contributed by atoms with van der Waals surface area (Å²) in [5.41, 5.74) is 4.21. The third-order valence-corrected chi connectivity index (χ3v) is 6.54. The van der Waals surface area contributed by atoms with Crippen molar-refractivity contribution in [3.05, 3.63) is 98.6 Å². The molecule has 162 valence electrons. The van der Waals surface area contributed by atoms with Gasteiger partial charge in [-0.15, -0.1) is 11.3 Å². The Hall–Kier alpha value is -1.86. The summed E-state index contributed by atoms with van der Waals surface area (Å²) < 4.78 is 19.4. The molecular weight excluding hydrogens is 493 g/mol. The van der Waals surface area contributed by atoms with Gasteiger partial charge in [-0.1, -0.05) is 41.4 Å². The molecule has 8 heteroatoms. The number of ether oxygens (including phenoxy) is 1. The number of thiophene rings is 1. The Bertz CT molecular complexity index is 1320. The van der Waals surface area contributed by atoms with Crippen molar-refractivity contribution in [1.29, 1.82) is 0 Å². The first-order chi connectivity index (χ1) is 15.3. The van der Waals surface area contributed by atoms with E-state index < -0.39 is 11.8 Å². The van der Waals surface area contributed by atoms with Gasteiger partial charge in [-0.25, -0.2) is 4.39 Å². The van der Waals surface area contributed by atoms with E-state index in [1.807, 2.05) is 24.4 Å². The fourth-order valence-electron chi connectivity index (χ4n) is 3.41. The molecule has 0 fully saturated rings. The van der Waals surface area contributed by atoms with Gasteiger partial charge in [0.2, 0.25) is 0 Å². The SMILES string of the molecule is Cc1cc(C(=O)[O-])ccc1-c1sccc1-c1cc(Cl)ccc1OCc1ccc(F)cc1Cl.[Na+]. The molecule has 4 aromatic rings. The number of carbonyl (C=O) groups excluding carboxylic acids is 1. The predicted octanol–water partition coefficient (Wildman–Crippen LogP) is 3.78. The molecule has 0 atom stereocenters. The van der Waals surface area contributed by atoms with Crippen LogP contribution in [0.4, 0.5) is 4.39 Å². The van der Waals surface area contributed by atoms with E-state index >= 15 is 0 Å². The smallest absolute Gasteiger partial charge is 0.545 e. The zero-order valence-electron chi connectivity index (χ0n) is 17.8. The van der Waals surface area contributed by atoms with Gasteiger partial charge in [-0.05, 0) is 71.5 Å². The molecule has 0 spiro atoms. The number of benzene rings is 3. The van der Waals surface area contributed by atoms with Crippen LogP contribution < -0.4 is 39.4 Å². The van der Waals surface area contributed by atoms with Crippen LogP contribution in [0, 0.1) is 12.7 Å². The number of halogens is 3. The van der Waals surface area contributed by atoms with Gasteiger partial charge >= 0.3 is 29.6 Å². The summed E-state index contributed by atoms with van der Waals surface area (Å²) in [6.07, 6.45) is 0. The molecule has 0 aliphatic carbocycles. The average Bonchev–Trinajstić information content (AvgIpc) is 3.23. The Kier molecular flexibility index (Phi) is 8.62. The van der Waals surface area contributed by atoms with E-state index in [0.29, 0.717) is 21.4 Å². The third kappa shape index (κ3) is 5.80. The van der Waals surface area contributed by atoms with Crippen LogP contribution in [0.15, 0.2) is 66.0 Å². The second-order valence-corrected chi connectivity index (χ2v) is 8.91. The molecule has 1 aromatic heterocycles. The average molecular weight is 509 g/mol. The Morgan fingerprint density at radius 3 is 2.48 bits per heavy atom. The minimum absolute atomic E-state index is 0. The molecule has 0 saturated carbocycles. The molecule has 0 aliphatic heterocycles. The van der Waals surface area contributed by atoms with Crippen LogP contribution in [0.25, 0.3) is 21.6 Å². The Labute approximate surface area is 227 Å². The Morgan fingerprint density at radius 1 is 1.00 bits per heavy atom. The molecule has 3 aromatic carbocycles. The van der Waals surface area contributed by atoms with E-state index in [1.165, 1.54) is 29.5 Å². The van der Waals surface area contributed by atoms with E-state index in [2.05, 4.69) is 0 Å². The van der Waals surface area contributed by atoms with E-state index in [-0.39, 0.29) is 41.7 Å². The van der Waals surface area contributed by atoms with Gasteiger partial charge in [0, 0.05) is 26.6 Å². The first kappa shape index (κ1) is 25.8. The summed E-state index contributed by atoms with van der Waals surface area (Å²) in [4.78, 5) is 12.1. The molecular formula is C25H16Cl2FNaO3S. The molecule has 0 aliphatic rings. The molecule has 0 N–H and O–H groups in total. The number of carboxylic acids is 1. The van der Waals surface area contributed by atoms with Gasteiger partial charge in [0.05, 0.1) is 11.0 Å². The van der Waals surface area contributed by atoms with Crippen molar-refractivity contribution < 1.29 is 48.6 Å². The van der Waals surface area contributed by atoms with Gasteiger partial charge in [0.15, 0.2) is 0 Å². The number of hydrogen-bond donors (Lipinski definition) is 0. The monoisotopic (exact) mass is 508 g/mol. The summed E-state index contributed by atoms with van der Waals surface area (Å²) in [7, 11) is 0. The van der Waals surface area contributed by atoms with E-state index in [4.69, 9.17) is 27.9 Å². The third-order valence-electron chi connectivity index (χ3n) is 5.00. The summed E-state index contributed by atoms with van der Waals surface area (Å²) in [5.74, 6) is -1.02. The van der Waals surface area contributed by atoms with Crippen molar-refractivity contribution >= 4 is 40.5 Å². The second-order valence-electron chi connectivity index (χ2n) is 7.15. The quantitative estimate of drug-likeness (QED) is 0.372. The maximum Gasteiger partial charge on any atom is 1.00 e. The van der Waals surface area contributed by atoms with Gasteiger partial charge in [-0.3, -0.25) is 0 Å². The van der Waals surface area contributed by atoms with Crippen molar-refractivity contribution in [3.8, 4) is 27.3 Å². The van der Waals surface area contributed by atoms with E-state index in [0.717, 1.165) is 27.1 Å². The van der Waals surface area contributed by atoms with Gasteiger partial charge in [-0.2, -0.15) is 0 Å². The fourth-order valence-corrected chi connectivity index (χ4v) is 4.80. The molecule has 4 rings (SSSR count). The Balaban J connectivity index is 0.00000306. The van der Waals surface area contributed by atoms with Crippen LogP contribution in [-0.4, -0.2) is 5.97 Å². The topological polar surface area (TPSA) is 49.4 Å². The first-order valence-corrected chi connectivity index (χ1v) is 11.2. The summed E-state index contributed by atoms with van der Waals surface area (Å²) in [5, 5.41) is 14.0. The van der Waals surface area contributed by atoms with Crippen LogP contribution in [0.2, 0.25) is 10.0 Å². The van der Waals surface area contributed by atoms with Crippen molar-refractivity contribution in [2.75, 3.05) is 0 Å². The van der Waals surface area contributed by atoms with Crippen LogP contribution in [0.3, 0.4) is 0 Å². The fraction of sp³-hybridized carbons (Fsp3) is 0.0800. The molecule has 0 unspecified atom stereocenters. The number of aryl methyl sites for hydroxylation is 1. The number of hydrogen-bond acceptors (Lipinski definition) is 4. The number of rotatable bonds is 6. The molecule has 0 saturated heterocycles. The molecule has 33 heavy (non-hydrogen) atoms. The number of carboxylic acid groups (broad SMARTS) is 1.